The monoisotopic (exact) mass is 570 g/mol. The lowest BCUT2D eigenvalue weighted by Crippen LogP contribution is -2.42. The molecule has 0 atom stereocenters. The van der Waals surface area contributed by atoms with E-state index in [2.05, 4.69) is 30.3 Å². The number of hydrogen-bond acceptors (Lipinski definition) is 8. The number of aldehydes is 1. The number of ether oxygens (including phenoxy) is 2. The summed E-state index contributed by atoms with van der Waals surface area (Å²) in [5, 5.41) is 0. The summed E-state index contributed by atoms with van der Waals surface area (Å²) in [6.45, 7) is 1.31. The van der Waals surface area contributed by atoms with Crippen molar-refractivity contribution in [2.75, 3.05) is 33.4 Å². The molecule has 3 aromatic heterocycles. The number of morpholine rings is 1. The highest BCUT2D eigenvalue weighted by Crippen LogP contribution is 2.33. The van der Waals surface area contributed by atoms with Gasteiger partial charge in [-0.05, 0) is 43.7 Å². The molecule has 2 fully saturated rings. The zero-order valence-corrected chi connectivity index (χ0v) is 22.8. The van der Waals surface area contributed by atoms with Crippen molar-refractivity contribution in [3.8, 4) is 22.8 Å². The van der Waals surface area contributed by atoms with E-state index in [1.54, 1.807) is 29.0 Å². The van der Waals surface area contributed by atoms with Crippen molar-refractivity contribution in [1.82, 2.24) is 24.4 Å². The third-order valence-electron chi connectivity index (χ3n) is 6.88. The van der Waals surface area contributed by atoms with Crippen LogP contribution in [0, 0.1) is 5.82 Å². The van der Waals surface area contributed by atoms with Crippen LogP contribution in [0.2, 0.25) is 0 Å². The van der Waals surface area contributed by atoms with Gasteiger partial charge in [0.1, 0.15) is 5.75 Å². The summed E-state index contributed by atoms with van der Waals surface area (Å²) in [6, 6.07) is 8.63. The average Bonchev–Trinajstić information content (AvgIpc) is 3.68. The van der Waals surface area contributed by atoms with Crippen molar-refractivity contribution in [2.45, 2.75) is 38.3 Å². The van der Waals surface area contributed by atoms with Crippen LogP contribution in [0.25, 0.3) is 28.1 Å². The minimum Gasteiger partial charge on any atom is -0.435 e. The zero-order chi connectivity index (χ0) is 29.2. The molecule has 2 N–H and O–H groups in total. The highest BCUT2D eigenvalue weighted by molar-refractivity contribution is 5.96. The van der Waals surface area contributed by atoms with Gasteiger partial charge in [0.05, 0.1) is 36.6 Å². The first-order valence-corrected chi connectivity index (χ1v) is 13.4. The largest absolute Gasteiger partial charge is 0.435 e. The highest BCUT2D eigenvalue weighted by Gasteiger charge is 2.23. The van der Waals surface area contributed by atoms with Crippen molar-refractivity contribution < 1.29 is 27.4 Å². The van der Waals surface area contributed by atoms with Crippen molar-refractivity contribution in [1.29, 1.82) is 0 Å². The number of nitrogens with two attached hydrogens (primary N) is 1. The van der Waals surface area contributed by atoms with Gasteiger partial charge in [-0.15, -0.1) is 0 Å². The molecule has 1 aromatic carbocycles. The summed E-state index contributed by atoms with van der Waals surface area (Å²) in [6.07, 6.45) is 11.5. The normalized spacial score (nSPS) is 15.7. The maximum absolute atomic E-state index is 13.2. The predicted octanol–water partition coefficient (Wildman–Crippen LogP) is 4.87. The SMILES string of the molecule is C1CCC(N2CCOCC2)C1.CN.O=Cc1cnc2c(-c3cccc(OC(F)F)c3)cn(-c3ncc(F)cn3)c2c1. The van der Waals surface area contributed by atoms with Crippen LogP contribution in [0.5, 0.6) is 5.75 Å². The predicted molar refractivity (Wildman–Crippen MR) is 149 cm³/mol. The molecule has 0 unspecified atom stereocenters. The molecule has 41 heavy (non-hydrogen) atoms. The van der Waals surface area contributed by atoms with E-state index in [4.69, 9.17) is 4.74 Å². The Balaban J connectivity index is 0.000000247. The van der Waals surface area contributed by atoms with Crippen molar-refractivity contribution in [3.63, 3.8) is 0 Å². The van der Waals surface area contributed by atoms with Gasteiger partial charge >= 0.3 is 6.61 Å². The molecule has 4 aromatic rings. The van der Waals surface area contributed by atoms with Crippen LogP contribution in [0.15, 0.2) is 55.1 Å². The molecule has 4 heterocycles. The number of nitrogens with zero attached hydrogens (tertiary/aromatic N) is 5. The summed E-state index contributed by atoms with van der Waals surface area (Å²) >= 11 is 0. The number of carbonyl (C=O) groups excluding carboxylic acids is 1. The van der Waals surface area contributed by atoms with E-state index in [1.165, 1.54) is 64.2 Å². The van der Waals surface area contributed by atoms with Gasteiger partial charge in [0.2, 0.25) is 5.95 Å². The van der Waals surface area contributed by atoms with Crippen LogP contribution < -0.4 is 10.5 Å². The number of carbonyl (C=O) groups is 1. The topological polar surface area (TPSA) is 108 Å². The van der Waals surface area contributed by atoms with E-state index in [0.29, 0.717) is 34.0 Å². The highest BCUT2D eigenvalue weighted by atomic mass is 19.3. The minimum atomic E-state index is -2.95. The number of aromatic nitrogens is 4. The molecule has 1 saturated heterocycles. The fourth-order valence-electron chi connectivity index (χ4n) is 5.04. The van der Waals surface area contributed by atoms with Gasteiger partial charge in [-0.25, -0.2) is 14.4 Å². The summed E-state index contributed by atoms with van der Waals surface area (Å²) in [7, 11) is 1.50. The summed E-state index contributed by atoms with van der Waals surface area (Å²) in [5.41, 5.74) is 6.98. The molecule has 1 aliphatic heterocycles. The molecule has 6 rings (SSSR count). The summed E-state index contributed by atoms with van der Waals surface area (Å²) in [5.74, 6) is -0.428. The number of fused-ring (bicyclic) bond motifs is 1. The van der Waals surface area contributed by atoms with Gasteiger partial charge in [0, 0.05) is 42.7 Å². The van der Waals surface area contributed by atoms with Crippen molar-refractivity contribution in [2.24, 2.45) is 5.73 Å². The molecule has 0 bridgehead atoms. The van der Waals surface area contributed by atoms with E-state index >= 15 is 0 Å². The van der Waals surface area contributed by atoms with Gasteiger partial charge in [0.25, 0.3) is 0 Å². The molecular weight excluding hydrogens is 537 g/mol. The number of benzene rings is 1. The second-order valence-corrected chi connectivity index (χ2v) is 9.36. The average molecular weight is 571 g/mol. The molecule has 0 radical (unpaired) electrons. The van der Waals surface area contributed by atoms with Crippen LogP contribution in [-0.2, 0) is 4.74 Å². The first-order chi connectivity index (χ1) is 20.0. The Kier molecular flexibility index (Phi) is 10.8. The molecule has 0 spiro atoms. The van der Waals surface area contributed by atoms with E-state index < -0.39 is 12.4 Å². The Morgan fingerprint density at radius 2 is 1.76 bits per heavy atom. The molecule has 9 nitrogen and oxygen atoms in total. The number of rotatable bonds is 6. The van der Waals surface area contributed by atoms with Crippen LogP contribution >= 0.6 is 0 Å². The standard InChI is InChI=1S/C19H11F3N4O2.C9H17NO.CH5N/c20-13-7-24-19(25-8-13)26-9-15(17-16(26)4-11(10-27)6-23-17)12-2-1-3-14(5-12)28-18(21)22;1-2-4-9(3-1)10-5-7-11-8-6-10;1-2/h1-10,18H;9H,1-8H2;2H2,1H3. The van der Waals surface area contributed by atoms with E-state index in [1.807, 2.05) is 0 Å². The summed E-state index contributed by atoms with van der Waals surface area (Å²) in [4.78, 5) is 26.0. The molecule has 0 amide bonds. The van der Waals surface area contributed by atoms with Crippen LogP contribution in [0.3, 0.4) is 0 Å². The third-order valence-corrected chi connectivity index (χ3v) is 6.88. The number of halogens is 3. The first-order valence-electron chi connectivity index (χ1n) is 13.4. The van der Waals surface area contributed by atoms with E-state index in [-0.39, 0.29) is 11.7 Å². The smallest absolute Gasteiger partial charge is 0.387 e. The molecule has 218 valence electrons. The van der Waals surface area contributed by atoms with E-state index in [0.717, 1.165) is 31.6 Å². The molecule has 1 saturated carbocycles. The van der Waals surface area contributed by atoms with Crippen molar-refractivity contribution >= 4 is 17.3 Å². The molecule has 1 aliphatic carbocycles. The van der Waals surface area contributed by atoms with Gasteiger partial charge < -0.3 is 15.2 Å². The van der Waals surface area contributed by atoms with Gasteiger partial charge in [-0.2, -0.15) is 8.78 Å². The van der Waals surface area contributed by atoms with Crippen LogP contribution in [-0.4, -0.2) is 76.7 Å². The lowest BCUT2D eigenvalue weighted by atomic mass is 10.1. The lowest BCUT2D eigenvalue weighted by molar-refractivity contribution is -0.0498. The fourth-order valence-corrected chi connectivity index (χ4v) is 5.04. The molecule has 2 aliphatic rings. The Morgan fingerprint density at radius 1 is 1.05 bits per heavy atom. The Bertz CT molecular complexity index is 1400. The molecular formula is C29H33F3N6O3. The summed E-state index contributed by atoms with van der Waals surface area (Å²) < 4.78 is 49.6. The van der Waals surface area contributed by atoms with Gasteiger partial charge in [-0.1, -0.05) is 25.0 Å². The maximum atomic E-state index is 13.2. The fraction of sp³-hybridized carbons (Fsp3) is 0.379. The zero-order valence-electron chi connectivity index (χ0n) is 22.8. The van der Waals surface area contributed by atoms with Gasteiger partial charge in [0.15, 0.2) is 12.1 Å². The van der Waals surface area contributed by atoms with Crippen LogP contribution in [0.4, 0.5) is 13.2 Å². The number of alkyl halides is 2. The minimum absolute atomic E-state index is 0.00376. The lowest BCUT2D eigenvalue weighted by Gasteiger charge is -2.31. The second-order valence-electron chi connectivity index (χ2n) is 9.36. The Labute approximate surface area is 236 Å². The first kappa shape index (κ1) is 30.1. The quantitative estimate of drug-likeness (QED) is 0.327. The number of pyridine rings is 1. The molecule has 12 heteroatoms. The number of hydrogen-bond donors (Lipinski definition) is 1. The van der Waals surface area contributed by atoms with E-state index in [9.17, 15) is 18.0 Å². The van der Waals surface area contributed by atoms with Crippen molar-refractivity contribution in [3.05, 3.63) is 66.5 Å². The second kappa shape index (κ2) is 14.7. The van der Waals surface area contributed by atoms with Gasteiger partial charge in [-0.3, -0.25) is 19.2 Å². The van der Waals surface area contributed by atoms with Crippen LogP contribution in [0.1, 0.15) is 36.0 Å². The third kappa shape index (κ3) is 7.66. The Hall–Kier alpha value is -3.87. The Morgan fingerprint density at radius 3 is 2.41 bits per heavy atom. The maximum Gasteiger partial charge on any atom is 0.387 e.